The average Bonchev–Trinajstić information content (AvgIpc) is 2.89. The number of hydrogen-bond donors (Lipinski definition) is 0. The molecule has 37 heavy (non-hydrogen) atoms. The van der Waals surface area contributed by atoms with Crippen LogP contribution >= 0.6 is 0 Å². The lowest BCUT2D eigenvalue weighted by atomic mass is 9.75. The van der Waals surface area contributed by atoms with Gasteiger partial charge in [-0.15, -0.1) is 0 Å². The van der Waals surface area contributed by atoms with Gasteiger partial charge in [-0.2, -0.15) is 0 Å². The quantitative estimate of drug-likeness (QED) is 0.182. The molecule has 190 valence electrons. The lowest BCUT2D eigenvalue weighted by Crippen LogP contribution is -2.17. The summed E-state index contributed by atoms with van der Waals surface area (Å²) >= 11 is 0. The second-order valence-corrected chi connectivity index (χ2v) is 10.5. The molecule has 0 aliphatic rings. The van der Waals surface area contributed by atoms with Crippen molar-refractivity contribution in [3.63, 3.8) is 0 Å². The standard InChI is InChI=1S/C34H36O3/c1-6-32(34(3,4)5)28-17-19-29(20-18-28)36-23-25-21-30(26-13-9-7-10-14-26)33(37-24(2)35)31(22-25)27-15-11-8-12-16-27/h7-22,32H,6,23H2,1-5H3. The third-order valence-corrected chi connectivity index (χ3v) is 6.71. The summed E-state index contributed by atoms with van der Waals surface area (Å²) in [6.45, 7) is 11.0. The molecule has 0 amide bonds. The molecule has 0 aromatic heterocycles. The van der Waals surface area contributed by atoms with E-state index in [0.717, 1.165) is 40.0 Å². The Morgan fingerprint density at radius 1 is 0.784 bits per heavy atom. The van der Waals surface area contributed by atoms with E-state index in [4.69, 9.17) is 9.47 Å². The van der Waals surface area contributed by atoms with Crippen molar-refractivity contribution in [1.82, 2.24) is 0 Å². The predicted octanol–water partition coefficient (Wildman–Crippen LogP) is 9.06. The first-order valence-electron chi connectivity index (χ1n) is 12.9. The maximum Gasteiger partial charge on any atom is 0.308 e. The van der Waals surface area contributed by atoms with Gasteiger partial charge in [-0.05, 0) is 64.3 Å². The van der Waals surface area contributed by atoms with Crippen LogP contribution in [0, 0.1) is 5.41 Å². The van der Waals surface area contributed by atoms with Crippen LogP contribution in [0.1, 0.15) is 58.1 Å². The highest BCUT2D eigenvalue weighted by atomic mass is 16.5. The minimum Gasteiger partial charge on any atom is -0.489 e. The van der Waals surface area contributed by atoms with Crippen LogP contribution in [0.5, 0.6) is 11.5 Å². The SMILES string of the molecule is CCC(c1ccc(OCc2cc(-c3ccccc3)c(OC(C)=O)c(-c3ccccc3)c2)cc1)C(C)(C)C. The number of hydrogen-bond acceptors (Lipinski definition) is 3. The van der Waals surface area contributed by atoms with Gasteiger partial charge in [-0.1, -0.05) is 100 Å². The van der Waals surface area contributed by atoms with Gasteiger partial charge in [0.25, 0.3) is 0 Å². The first-order valence-corrected chi connectivity index (χ1v) is 12.9. The van der Waals surface area contributed by atoms with Gasteiger partial charge >= 0.3 is 5.97 Å². The minimum absolute atomic E-state index is 0.211. The fourth-order valence-corrected chi connectivity index (χ4v) is 5.00. The summed E-state index contributed by atoms with van der Waals surface area (Å²) in [6, 6.07) is 32.6. The Labute approximate surface area is 221 Å². The maximum atomic E-state index is 12.1. The van der Waals surface area contributed by atoms with Gasteiger partial charge in [0.1, 0.15) is 18.1 Å². The zero-order chi connectivity index (χ0) is 26.4. The van der Waals surface area contributed by atoms with Gasteiger partial charge in [-0.3, -0.25) is 4.79 Å². The summed E-state index contributed by atoms with van der Waals surface area (Å²) < 4.78 is 12.0. The van der Waals surface area contributed by atoms with E-state index in [1.807, 2.05) is 60.7 Å². The van der Waals surface area contributed by atoms with Crippen molar-refractivity contribution in [2.75, 3.05) is 0 Å². The van der Waals surface area contributed by atoms with Crippen molar-refractivity contribution in [2.24, 2.45) is 5.41 Å². The van der Waals surface area contributed by atoms with Gasteiger partial charge in [-0.25, -0.2) is 0 Å². The number of benzene rings is 4. The zero-order valence-corrected chi connectivity index (χ0v) is 22.5. The highest BCUT2D eigenvalue weighted by Crippen LogP contribution is 2.41. The molecule has 3 heteroatoms. The Balaban J connectivity index is 1.69. The van der Waals surface area contributed by atoms with Crippen molar-refractivity contribution in [1.29, 1.82) is 0 Å². The van der Waals surface area contributed by atoms with E-state index in [0.29, 0.717) is 18.3 Å². The molecule has 4 aromatic carbocycles. The van der Waals surface area contributed by atoms with Crippen molar-refractivity contribution in [3.8, 4) is 33.8 Å². The molecule has 4 aromatic rings. The number of carbonyl (C=O) groups excluding carboxylic acids is 1. The van der Waals surface area contributed by atoms with E-state index in [9.17, 15) is 4.79 Å². The van der Waals surface area contributed by atoms with Crippen LogP contribution in [0.25, 0.3) is 22.3 Å². The Morgan fingerprint density at radius 3 is 1.73 bits per heavy atom. The van der Waals surface area contributed by atoms with E-state index >= 15 is 0 Å². The Morgan fingerprint density at radius 2 is 1.30 bits per heavy atom. The molecular weight excluding hydrogens is 456 g/mol. The van der Waals surface area contributed by atoms with Crippen LogP contribution in [0.2, 0.25) is 0 Å². The van der Waals surface area contributed by atoms with Crippen molar-refractivity contribution < 1.29 is 14.3 Å². The molecule has 0 spiro atoms. The first-order chi connectivity index (χ1) is 17.8. The maximum absolute atomic E-state index is 12.1. The normalized spacial score (nSPS) is 12.1. The molecule has 0 N–H and O–H groups in total. The fraction of sp³-hybridized carbons (Fsp3) is 0.265. The molecular formula is C34H36O3. The largest absolute Gasteiger partial charge is 0.489 e. The smallest absolute Gasteiger partial charge is 0.308 e. The summed E-state index contributed by atoms with van der Waals surface area (Å²) in [5, 5.41) is 0. The van der Waals surface area contributed by atoms with Crippen molar-refractivity contribution >= 4 is 5.97 Å². The number of ether oxygens (including phenoxy) is 2. The minimum atomic E-state index is -0.348. The van der Waals surface area contributed by atoms with Crippen LogP contribution in [0.3, 0.4) is 0 Å². The van der Waals surface area contributed by atoms with Crippen LogP contribution in [-0.4, -0.2) is 5.97 Å². The second-order valence-electron chi connectivity index (χ2n) is 10.5. The zero-order valence-electron chi connectivity index (χ0n) is 22.5. The topological polar surface area (TPSA) is 35.5 Å². The van der Waals surface area contributed by atoms with Gasteiger partial charge in [0.2, 0.25) is 0 Å². The van der Waals surface area contributed by atoms with Gasteiger partial charge in [0.15, 0.2) is 0 Å². The third kappa shape index (κ3) is 6.48. The van der Waals surface area contributed by atoms with E-state index < -0.39 is 0 Å². The Hall–Kier alpha value is -3.85. The van der Waals surface area contributed by atoms with Crippen molar-refractivity contribution in [2.45, 2.75) is 53.6 Å². The van der Waals surface area contributed by atoms with Crippen LogP contribution in [-0.2, 0) is 11.4 Å². The summed E-state index contributed by atoms with van der Waals surface area (Å²) in [7, 11) is 0. The number of esters is 1. The van der Waals surface area contributed by atoms with Gasteiger partial charge in [0, 0.05) is 18.1 Å². The molecule has 0 bridgehead atoms. The average molecular weight is 493 g/mol. The van der Waals surface area contributed by atoms with Crippen LogP contribution < -0.4 is 9.47 Å². The molecule has 0 heterocycles. The monoisotopic (exact) mass is 492 g/mol. The van der Waals surface area contributed by atoms with E-state index in [2.05, 4.69) is 64.1 Å². The lowest BCUT2D eigenvalue weighted by molar-refractivity contribution is -0.131. The molecule has 0 radical (unpaired) electrons. The lowest BCUT2D eigenvalue weighted by Gasteiger charge is -2.30. The summed E-state index contributed by atoms with van der Waals surface area (Å²) in [5.41, 5.74) is 6.24. The fourth-order valence-electron chi connectivity index (χ4n) is 5.00. The highest BCUT2D eigenvalue weighted by Gasteiger charge is 2.24. The van der Waals surface area contributed by atoms with E-state index in [1.165, 1.54) is 12.5 Å². The molecule has 0 fully saturated rings. The van der Waals surface area contributed by atoms with E-state index in [1.54, 1.807) is 0 Å². The van der Waals surface area contributed by atoms with Gasteiger partial charge in [0.05, 0.1) is 0 Å². The van der Waals surface area contributed by atoms with Crippen molar-refractivity contribution in [3.05, 3.63) is 108 Å². The van der Waals surface area contributed by atoms with Crippen LogP contribution in [0.15, 0.2) is 97.1 Å². The number of carbonyl (C=O) groups is 1. The first kappa shape index (κ1) is 26.2. The third-order valence-electron chi connectivity index (χ3n) is 6.71. The predicted molar refractivity (Wildman–Crippen MR) is 152 cm³/mol. The molecule has 0 aliphatic carbocycles. The summed E-state index contributed by atoms with van der Waals surface area (Å²) in [4.78, 5) is 12.1. The molecule has 0 saturated carbocycles. The Bertz CT molecular complexity index is 1260. The molecule has 4 rings (SSSR count). The number of rotatable bonds is 8. The van der Waals surface area contributed by atoms with Crippen LogP contribution in [0.4, 0.5) is 0 Å². The summed E-state index contributed by atoms with van der Waals surface area (Å²) in [5.74, 6) is 1.54. The molecule has 3 nitrogen and oxygen atoms in total. The van der Waals surface area contributed by atoms with Gasteiger partial charge < -0.3 is 9.47 Å². The molecule has 1 unspecified atom stereocenters. The second kappa shape index (κ2) is 11.5. The summed E-state index contributed by atoms with van der Waals surface area (Å²) in [6.07, 6.45) is 1.10. The molecule has 1 atom stereocenters. The van der Waals surface area contributed by atoms with E-state index in [-0.39, 0.29) is 11.4 Å². The Kier molecular flexibility index (Phi) is 8.13. The highest BCUT2D eigenvalue weighted by molar-refractivity contribution is 5.86. The molecule has 0 saturated heterocycles. The molecule has 0 aliphatic heterocycles.